The molecule has 1 aromatic carbocycles. The van der Waals surface area contributed by atoms with Gasteiger partial charge in [0.25, 0.3) is 0 Å². The molecule has 0 saturated heterocycles. The maximum Gasteiger partial charge on any atom is 0.359 e. The molecule has 0 amide bonds. The van der Waals surface area contributed by atoms with Crippen LogP contribution in [0.15, 0.2) is 18.2 Å². The zero-order valence-electron chi connectivity index (χ0n) is 12.5. The molecule has 0 bridgehead atoms. The van der Waals surface area contributed by atoms with E-state index in [-0.39, 0.29) is 22.5 Å². The Hall–Kier alpha value is -1.96. The van der Waals surface area contributed by atoms with Crippen molar-refractivity contribution >= 4 is 51.9 Å². The van der Waals surface area contributed by atoms with Crippen LogP contribution in [0.1, 0.15) is 29.0 Å². The van der Waals surface area contributed by atoms with Crippen molar-refractivity contribution in [3.63, 3.8) is 0 Å². The van der Waals surface area contributed by atoms with Crippen LogP contribution < -0.4 is 0 Å². The number of carbonyl (C=O) groups is 1. The average Bonchev–Trinajstić information content (AvgIpc) is 2.96. The first-order valence-corrected chi connectivity index (χ1v) is 7.87. The van der Waals surface area contributed by atoms with Crippen LogP contribution in [-0.2, 0) is 4.74 Å². The summed E-state index contributed by atoms with van der Waals surface area (Å²) in [5, 5.41) is 8.94. The van der Waals surface area contributed by atoms with Gasteiger partial charge in [-0.2, -0.15) is 4.98 Å². The molecule has 1 unspecified atom stereocenters. The van der Waals surface area contributed by atoms with Crippen LogP contribution in [0, 0.1) is 0 Å². The molecule has 0 saturated carbocycles. The number of ether oxygens (including phenoxy) is 1. The van der Waals surface area contributed by atoms with Gasteiger partial charge in [0, 0.05) is 10.0 Å². The van der Waals surface area contributed by atoms with Crippen molar-refractivity contribution < 1.29 is 9.53 Å². The van der Waals surface area contributed by atoms with Gasteiger partial charge in [-0.05, 0) is 36.2 Å². The first-order chi connectivity index (χ1) is 11.4. The summed E-state index contributed by atoms with van der Waals surface area (Å²) in [6, 6.07) is 4.82. The SMILES string of the molecule is COC(=O)c1nc(Cl)nc2c1nnn2C(C)c1ccc(Cl)cc1Cl. The van der Waals surface area contributed by atoms with Crippen LogP contribution in [0.5, 0.6) is 0 Å². The van der Waals surface area contributed by atoms with Gasteiger partial charge in [0.2, 0.25) is 5.28 Å². The molecule has 7 nitrogen and oxygen atoms in total. The molecule has 0 N–H and O–H groups in total. The number of esters is 1. The predicted molar refractivity (Wildman–Crippen MR) is 89.7 cm³/mol. The first kappa shape index (κ1) is 16.9. The summed E-state index contributed by atoms with van der Waals surface area (Å²) in [6.45, 7) is 1.86. The Morgan fingerprint density at radius 2 is 2.00 bits per heavy atom. The molecular weight excluding hydrogens is 377 g/mol. The number of methoxy groups -OCH3 is 1. The number of carbonyl (C=O) groups excluding carboxylic acids is 1. The molecule has 1 atom stereocenters. The first-order valence-electron chi connectivity index (χ1n) is 6.74. The molecule has 2 aromatic heterocycles. The molecule has 0 aliphatic rings. The van der Waals surface area contributed by atoms with E-state index in [2.05, 4.69) is 25.0 Å². The highest BCUT2D eigenvalue weighted by Gasteiger charge is 2.23. The number of halogens is 3. The van der Waals surface area contributed by atoms with E-state index in [1.165, 1.54) is 11.8 Å². The molecule has 0 aliphatic heterocycles. The fourth-order valence-electron chi connectivity index (χ4n) is 2.28. The fraction of sp³-hybridized carbons (Fsp3) is 0.214. The molecule has 2 heterocycles. The van der Waals surface area contributed by atoms with Gasteiger partial charge in [0.15, 0.2) is 16.9 Å². The molecule has 24 heavy (non-hydrogen) atoms. The Kier molecular flexibility index (Phi) is 4.58. The summed E-state index contributed by atoms with van der Waals surface area (Å²) >= 11 is 18.1. The smallest absolute Gasteiger partial charge is 0.359 e. The summed E-state index contributed by atoms with van der Waals surface area (Å²) in [7, 11) is 1.24. The summed E-state index contributed by atoms with van der Waals surface area (Å²) < 4.78 is 6.19. The molecule has 3 rings (SSSR count). The molecule has 3 aromatic rings. The standard InChI is InChI=1S/C14H10Cl3N5O2/c1-6(8-4-3-7(15)5-9(8)16)22-12-10(20-21-22)11(13(23)24-2)18-14(17)19-12/h3-6H,1-2H3. The molecule has 10 heteroatoms. The van der Waals surface area contributed by atoms with Crippen LogP contribution in [0.2, 0.25) is 15.3 Å². The van der Waals surface area contributed by atoms with Gasteiger partial charge in [-0.3, -0.25) is 0 Å². The zero-order chi connectivity index (χ0) is 17.4. The maximum absolute atomic E-state index is 11.8. The second-order valence-electron chi connectivity index (χ2n) is 4.88. The van der Waals surface area contributed by atoms with Gasteiger partial charge in [-0.15, -0.1) is 5.10 Å². The van der Waals surface area contributed by atoms with E-state index in [0.29, 0.717) is 15.7 Å². The van der Waals surface area contributed by atoms with E-state index in [9.17, 15) is 4.79 Å². The molecule has 0 aliphatic carbocycles. The molecule has 124 valence electrons. The Morgan fingerprint density at radius 1 is 1.25 bits per heavy atom. The number of rotatable bonds is 3. The van der Waals surface area contributed by atoms with Crippen LogP contribution >= 0.6 is 34.8 Å². The van der Waals surface area contributed by atoms with E-state index in [1.807, 2.05) is 6.92 Å². The van der Waals surface area contributed by atoms with Crippen molar-refractivity contribution in [2.45, 2.75) is 13.0 Å². The lowest BCUT2D eigenvalue weighted by atomic mass is 10.1. The highest BCUT2D eigenvalue weighted by Crippen LogP contribution is 2.30. The summed E-state index contributed by atoms with van der Waals surface area (Å²) in [5.41, 5.74) is 1.22. The minimum atomic E-state index is -0.673. The third-order valence-corrected chi connectivity index (χ3v) is 4.19. The Balaban J connectivity index is 2.17. The van der Waals surface area contributed by atoms with Gasteiger partial charge in [-0.25, -0.2) is 14.5 Å². The molecule has 0 spiro atoms. The van der Waals surface area contributed by atoms with Crippen LogP contribution in [0.25, 0.3) is 11.2 Å². The monoisotopic (exact) mass is 385 g/mol. The lowest BCUT2D eigenvalue weighted by Gasteiger charge is -2.14. The Labute approximate surface area is 151 Å². The average molecular weight is 387 g/mol. The van der Waals surface area contributed by atoms with E-state index >= 15 is 0 Å². The predicted octanol–water partition coefficient (Wildman–Crippen LogP) is 3.58. The number of nitrogens with zero attached hydrogens (tertiary/aromatic N) is 5. The number of hydrogen-bond acceptors (Lipinski definition) is 6. The van der Waals surface area contributed by atoms with Gasteiger partial charge in [0.1, 0.15) is 0 Å². The van der Waals surface area contributed by atoms with Gasteiger partial charge >= 0.3 is 5.97 Å². The number of fused-ring (bicyclic) bond motifs is 1. The van der Waals surface area contributed by atoms with E-state index < -0.39 is 5.97 Å². The largest absolute Gasteiger partial charge is 0.464 e. The van der Waals surface area contributed by atoms with Crippen LogP contribution in [-0.4, -0.2) is 38.0 Å². The summed E-state index contributed by atoms with van der Waals surface area (Å²) in [5.74, 6) is -0.673. The van der Waals surface area contributed by atoms with Crippen LogP contribution in [0.3, 0.4) is 0 Å². The van der Waals surface area contributed by atoms with E-state index in [0.717, 1.165) is 5.56 Å². The zero-order valence-corrected chi connectivity index (χ0v) is 14.8. The minimum absolute atomic E-state index is 0.0480. The van der Waals surface area contributed by atoms with E-state index in [1.54, 1.807) is 18.2 Å². The second kappa shape index (κ2) is 6.51. The normalized spacial score (nSPS) is 12.4. The van der Waals surface area contributed by atoms with E-state index in [4.69, 9.17) is 34.8 Å². The second-order valence-corrected chi connectivity index (χ2v) is 6.06. The third-order valence-electron chi connectivity index (χ3n) is 3.45. The van der Waals surface area contributed by atoms with Crippen LogP contribution in [0.4, 0.5) is 0 Å². The number of aromatic nitrogens is 5. The fourth-order valence-corrected chi connectivity index (χ4v) is 3.01. The van der Waals surface area contributed by atoms with Gasteiger partial charge in [0.05, 0.1) is 13.2 Å². The maximum atomic E-state index is 11.8. The highest BCUT2D eigenvalue weighted by atomic mass is 35.5. The van der Waals surface area contributed by atoms with Gasteiger partial charge < -0.3 is 4.74 Å². The van der Waals surface area contributed by atoms with Crippen molar-refractivity contribution in [3.05, 3.63) is 44.8 Å². The summed E-state index contributed by atoms with van der Waals surface area (Å²) in [6.07, 6.45) is 0. The quantitative estimate of drug-likeness (QED) is 0.505. The Morgan fingerprint density at radius 3 is 2.67 bits per heavy atom. The lowest BCUT2D eigenvalue weighted by molar-refractivity contribution is 0.0596. The van der Waals surface area contributed by atoms with Crippen molar-refractivity contribution in [3.8, 4) is 0 Å². The van der Waals surface area contributed by atoms with Crippen molar-refractivity contribution in [2.24, 2.45) is 0 Å². The van der Waals surface area contributed by atoms with Crippen molar-refractivity contribution in [1.82, 2.24) is 25.0 Å². The van der Waals surface area contributed by atoms with Gasteiger partial charge in [-0.1, -0.05) is 34.5 Å². The van der Waals surface area contributed by atoms with Crippen molar-refractivity contribution in [2.75, 3.05) is 7.11 Å². The Bertz CT molecular complexity index is 944. The summed E-state index contributed by atoms with van der Waals surface area (Å²) in [4.78, 5) is 19.8. The lowest BCUT2D eigenvalue weighted by Crippen LogP contribution is -2.11. The number of benzene rings is 1. The van der Waals surface area contributed by atoms with Crippen molar-refractivity contribution in [1.29, 1.82) is 0 Å². The molecular formula is C14H10Cl3N5O2. The highest BCUT2D eigenvalue weighted by molar-refractivity contribution is 6.35. The molecule has 0 radical (unpaired) electrons. The minimum Gasteiger partial charge on any atom is -0.464 e. The molecule has 0 fully saturated rings. The topological polar surface area (TPSA) is 82.8 Å². The third kappa shape index (κ3) is 2.90. The number of hydrogen-bond donors (Lipinski definition) is 0.